The molecule has 3 heteroatoms. The molecule has 1 aromatic heterocycles. The molecule has 1 amide bonds. The fraction of sp³-hybridized carbons (Fsp3) is 0.545. The predicted octanol–water partition coefficient (Wildman–Crippen LogP) is 1.55. The normalized spacial score (nSPS) is 10.3. The Balaban J connectivity index is 2.62. The van der Waals surface area contributed by atoms with Gasteiger partial charge in [0.25, 0.3) is 0 Å². The first-order valence-electron chi connectivity index (χ1n) is 4.90. The zero-order valence-corrected chi connectivity index (χ0v) is 9.35. The molecule has 0 bridgehead atoms. The van der Waals surface area contributed by atoms with Gasteiger partial charge in [-0.25, -0.2) is 0 Å². The molecule has 0 radical (unpaired) electrons. The molecule has 0 spiro atoms. The number of carbonyl (C=O) groups is 1. The van der Waals surface area contributed by atoms with Crippen molar-refractivity contribution >= 4 is 5.91 Å². The Bertz CT molecular complexity index is 339. The van der Waals surface area contributed by atoms with Gasteiger partial charge in [0.2, 0.25) is 5.91 Å². The van der Waals surface area contributed by atoms with Crippen molar-refractivity contribution in [3.8, 4) is 0 Å². The summed E-state index contributed by atoms with van der Waals surface area (Å²) in [5, 5.41) is 2.80. The lowest BCUT2D eigenvalue weighted by Crippen LogP contribution is -2.25. The van der Waals surface area contributed by atoms with Gasteiger partial charge < -0.3 is 9.88 Å². The molecule has 0 aliphatic heterocycles. The summed E-state index contributed by atoms with van der Waals surface area (Å²) < 4.78 is 2.23. The van der Waals surface area contributed by atoms with Crippen molar-refractivity contribution in [2.75, 3.05) is 6.54 Å². The SMILES string of the molecule is CC(=O)NCCn1c(C)cc(C)c1C. The van der Waals surface area contributed by atoms with E-state index in [0.29, 0.717) is 6.54 Å². The second-order valence-electron chi connectivity index (χ2n) is 3.69. The Kier molecular flexibility index (Phi) is 3.33. The lowest BCUT2D eigenvalue weighted by Gasteiger charge is -2.09. The summed E-state index contributed by atoms with van der Waals surface area (Å²) in [6, 6.07) is 2.17. The molecule has 0 fully saturated rings. The van der Waals surface area contributed by atoms with Gasteiger partial charge >= 0.3 is 0 Å². The molecule has 0 atom stereocenters. The zero-order chi connectivity index (χ0) is 10.7. The lowest BCUT2D eigenvalue weighted by molar-refractivity contribution is -0.118. The van der Waals surface area contributed by atoms with E-state index in [4.69, 9.17) is 0 Å². The standard InChI is InChI=1S/C11H18N2O/c1-8-7-9(2)13(10(8)3)6-5-12-11(4)14/h7H,5-6H2,1-4H3,(H,12,14). The van der Waals surface area contributed by atoms with Gasteiger partial charge in [-0.1, -0.05) is 0 Å². The monoisotopic (exact) mass is 194 g/mol. The van der Waals surface area contributed by atoms with Crippen LogP contribution in [0.5, 0.6) is 0 Å². The maximum atomic E-state index is 10.7. The second kappa shape index (κ2) is 4.31. The van der Waals surface area contributed by atoms with E-state index in [1.807, 2.05) is 0 Å². The number of amides is 1. The first-order chi connectivity index (χ1) is 6.52. The van der Waals surface area contributed by atoms with Gasteiger partial charge in [0.05, 0.1) is 0 Å². The first-order valence-corrected chi connectivity index (χ1v) is 4.90. The Morgan fingerprint density at radius 1 is 1.43 bits per heavy atom. The second-order valence-corrected chi connectivity index (χ2v) is 3.69. The third kappa shape index (κ3) is 2.37. The van der Waals surface area contributed by atoms with Crippen molar-refractivity contribution in [2.24, 2.45) is 0 Å². The fourth-order valence-electron chi connectivity index (χ4n) is 1.66. The number of rotatable bonds is 3. The van der Waals surface area contributed by atoms with Crippen LogP contribution in [0.4, 0.5) is 0 Å². The molecule has 1 heterocycles. The van der Waals surface area contributed by atoms with Crippen LogP contribution in [-0.4, -0.2) is 17.0 Å². The number of nitrogens with one attached hydrogen (secondary N) is 1. The highest BCUT2D eigenvalue weighted by Crippen LogP contribution is 2.12. The lowest BCUT2D eigenvalue weighted by atomic mass is 10.3. The van der Waals surface area contributed by atoms with Gasteiger partial charge in [0.1, 0.15) is 0 Å². The molecule has 0 aliphatic rings. The summed E-state index contributed by atoms with van der Waals surface area (Å²) in [7, 11) is 0. The Morgan fingerprint density at radius 2 is 2.07 bits per heavy atom. The molecule has 0 aromatic carbocycles. The maximum absolute atomic E-state index is 10.7. The molecule has 1 N–H and O–H groups in total. The van der Waals surface area contributed by atoms with Crippen molar-refractivity contribution in [3.63, 3.8) is 0 Å². The summed E-state index contributed by atoms with van der Waals surface area (Å²) in [5.41, 5.74) is 3.85. The number of aryl methyl sites for hydroxylation is 2. The van der Waals surface area contributed by atoms with Gasteiger partial charge in [-0.3, -0.25) is 4.79 Å². The van der Waals surface area contributed by atoms with Crippen LogP contribution in [0.25, 0.3) is 0 Å². The number of hydrogen-bond acceptors (Lipinski definition) is 1. The number of carbonyl (C=O) groups excluding carboxylic acids is 1. The van der Waals surface area contributed by atoms with Crippen molar-refractivity contribution in [2.45, 2.75) is 34.2 Å². The highest BCUT2D eigenvalue weighted by atomic mass is 16.1. The van der Waals surface area contributed by atoms with Gasteiger partial charge in [-0.15, -0.1) is 0 Å². The van der Waals surface area contributed by atoms with E-state index in [1.54, 1.807) is 6.92 Å². The van der Waals surface area contributed by atoms with Gasteiger partial charge in [0.15, 0.2) is 0 Å². The van der Waals surface area contributed by atoms with E-state index in [2.05, 4.69) is 36.7 Å². The van der Waals surface area contributed by atoms with Crippen LogP contribution in [0, 0.1) is 20.8 Å². The van der Waals surface area contributed by atoms with E-state index in [1.165, 1.54) is 17.0 Å². The molecule has 0 aliphatic carbocycles. The Morgan fingerprint density at radius 3 is 2.50 bits per heavy atom. The van der Waals surface area contributed by atoms with Crippen LogP contribution in [0.3, 0.4) is 0 Å². The van der Waals surface area contributed by atoms with Crippen LogP contribution < -0.4 is 5.32 Å². The number of hydrogen-bond donors (Lipinski definition) is 1. The van der Waals surface area contributed by atoms with E-state index in [-0.39, 0.29) is 5.91 Å². The molecular weight excluding hydrogens is 176 g/mol. The van der Waals surface area contributed by atoms with Crippen molar-refractivity contribution in [1.29, 1.82) is 0 Å². The summed E-state index contributed by atoms with van der Waals surface area (Å²) in [6.45, 7) is 9.40. The highest BCUT2D eigenvalue weighted by molar-refractivity contribution is 5.72. The molecular formula is C11H18N2O. The molecule has 0 saturated heterocycles. The van der Waals surface area contributed by atoms with Crippen LogP contribution in [0.15, 0.2) is 6.07 Å². The highest BCUT2D eigenvalue weighted by Gasteiger charge is 2.04. The topological polar surface area (TPSA) is 34.0 Å². The van der Waals surface area contributed by atoms with Gasteiger partial charge in [-0.2, -0.15) is 0 Å². The molecule has 14 heavy (non-hydrogen) atoms. The van der Waals surface area contributed by atoms with Crippen LogP contribution >= 0.6 is 0 Å². The zero-order valence-electron chi connectivity index (χ0n) is 9.35. The van der Waals surface area contributed by atoms with Crippen LogP contribution in [0.2, 0.25) is 0 Å². The summed E-state index contributed by atoms with van der Waals surface area (Å²) in [6.07, 6.45) is 0. The molecule has 1 rings (SSSR count). The predicted molar refractivity (Wildman–Crippen MR) is 57.3 cm³/mol. The summed E-state index contributed by atoms with van der Waals surface area (Å²) >= 11 is 0. The smallest absolute Gasteiger partial charge is 0.216 e. The summed E-state index contributed by atoms with van der Waals surface area (Å²) in [4.78, 5) is 10.7. The maximum Gasteiger partial charge on any atom is 0.216 e. The third-order valence-electron chi connectivity index (χ3n) is 2.54. The van der Waals surface area contributed by atoms with E-state index in [9.17, 15) is 4.79 Å². The Hall–Kier alpha value is -1.25. The summed E-state index contributed by atoms with van der Waals surface area (Å²) in [5.74, 6) is 0.0317. The minimum absolute atomic E-state index is 0.0317. The largest absolute Gasteiger partial charge is 0.355 e. The average molecular weight is 194 g/mol. The van der Waals surface area contributed by atoms with Gasteiger partial charge in [-0.05, 0) is 32.4 Å². The van der Waals surface area contributed by atoms with E-state index >= 15 is 0 Å². The average Bonchev–Trinajstić information content (AvgIpc) is 2.31. The third-order valence-corrected chi connectivity index (χ3v) is 2.54. The van der Waals surface area contributed by atoms with Crippen LogP contribution in [-0.2, 0) is 11.3 Å². The molecule has 3 nitrogen and oxygen atoms in total. The molecule has 78 valence electrons. The quantitative estimate of drug-likeness (QED) is 0.778. The van der Waals surface area contributed by atoms with Crippen LogP contribution in [0.1, 0.15) is 23.9 Å². The van der Waals surface area contributed by atoms with E-state index < -0.39 is 0 Å². The molecule has 0 saturated carbocycles. The van der Waals surface area contributed by atoms with E-state index in [0.717, 1.165) is 6.54 Å². The molecule has 0 unspecified atom stereocenters. The Labute approximate surface area is 85.1 Å². The minimum atomic E-state index is 0.0317. The van der Waals surface area contributed by atoms with Crippen molar-refractivity contribution in [1.82, 2.24) is 9.88 Å². The first kappa shape index (κ1) is 10.8. The van der Waals surface area contributed by atoms with Gasteiger partial charge in [0, 0.05) is 31.4 Å². The number of nitrogens with zero attached hydrogens (tertiary/aromatic N) is 1. The van der Waals surface area contributed by atoms with Crippen molar-refractivity contribution < 1.29 is 4.79 Å². The fourth-order valence-corrected chi connectivity index (χ4v) is 1.66. The van der Waals surface area contributed by atoms with Crippen molar-refractivity contribution in [3.05, 3.63) is 23.0 Å². The number of aromatic nitrogens is 1. The molecule has 1 aromatic rings. The minimum Gasteiger partial charge on any atom is -0.355 e.